The van der Waals surface area contributed by atoms with Crippen LogP contribution < -0.4 is 0 Å². The van der Waals surface area contributed by atoms with Crippen molar-refractivity contribution in [3.63, 3.8) is 0 Å². The van der Waals surface area contributed by atoms with Gasteiger partial charge in [-0.1, -0.05) is 19.1 Å². The van der Waals surface area contributed by atoms with E-state index in [9.17, 15) is 4.79 Å². The summed E-state index contributed by atoms with van der Waals surface area (Å²) in [7, 11) is 3.49. The largest absolute Gasteiger partial charge is 0.508 e. The van der Waals surface area contributed by atoms with Crippen molar-refractivity contribution in [2.75, 3.05) is 14.1 Å². The minimum absolute atomic E-state index is 0.131. The summed E-state index contributed by atoms with van der Waals surface area (Å²) in [5.41, 5.74) is 0.902. The summed E-state index contributed by atoms with van der Waals surface area (Å²) < 4.78 is 0. The molecule has 1 aromatic rings. The molecule has 0 saturated carbocycles. The van der Waals surface area contributed by atoms with Gasteiger partial charge in [-0.25, -0.2) is 0 Å². The first-order chi connectivity index (χ1) is 7.43. The maximum absolute atomic E-state index is 11.1. The number of aliphatic carboxylic acids is 1. The molecule has 0 radical (unpaired) electrons. The monoisotopic (exact) mass is 223 g/mol. The summed E-state index contributed by atoms with van der Waals surface area (Å²) in [6.07, 6.45) is 0. The molecule has 0 spiro atoms. The van der Waals surface area contributed by atoms with Crippen molar-refractivity contribution in [1.82, 2.24) is 4.90 Å². The van der Waals surface area contributed by atoms with E-state index >= 15 is 0 Å². The molecule has 0 amide bonds. The standard InChI is InChI=1S/C12H17NO3/c1-8(11(12(15)16)13(2)3)9-4-6-10(14)7-5-9/h4-8,11,14H,1-3H3,(H,15,16). The Bertz CT molecular complexity index is 359. The maximum atomic E-state index is 11.1. The highest BCUT2D eigenvalue weighted by molar-refractivity contribution is 5.74. The van der Waals surface area contributed by atoms with Crippen molar-refractivity contribution in [1.29, 1.82) is 0 Å². The molecule has 4 heteroatoms. The van der Waals surface area contributed by atoms with Gasteiger partial charge in [0.2, 0.25) is 0 Å². The summed E-state index contributed by atoms with van der Waals surface area (Å²) in [5, 5.41) is 18.3. The molecule has 4 nitrogen and oxygen atoms in total. The molecular formula is C12H17NO3. The third kappa shape index (κ3) is 2.73. The lowest BCUT2D eigenvalue weighted by molar-refractivity contribution is -0.143. The lowest BCUT2D eigenvalue weighted by Crippen LogP contribution is -2.39. The molecular weight excluding hydrogens is 206 g/mol. The van der Waals surface area contributed by atoms with Crippen LogP contribution in [0.25, 0.3) is 0 Å². The van der Waals surface area contributed by atoms with Gasteiger partial charge >= 0.3 is 5.97 Å². The molecule has 2 atom stereocenters. The van der Waals surface area contributed by atoms with Gasteiger partial charge in [-0.3, -0.25) is 9.69 Å². The van der Waals surface area contributed by atoms with Crippen molar-refractivity contribution in [2.24, 2.45) is 0 Å². The van der Waals surface area contributed by atoms with Gasteiger partial charge in [0.05, 0.1) is 0 Å². The van der Waals surface area contributed by atoms with Gasteiger partial charge in [0.25, 0.3) is 0 Å². The fraction of sp³-hybridized carbons (Fsp3) is 0.417. The SMILES string of the molecule is CC(c1ccc(O)cc1)C(C(=O)O)N(C)C. The molecule has 16 heavy (non-hydrogen) atoms. The number of phenols is 1. The van der Waals surface area contributed by atoms with Crippen LogP contribution in [-0.4, -0.2) is 41.2 Å². The van der Waals surface area contributed by atoms with Crippen LogP contribution in [0.4, 0.5) is 0 Å². The van der Waals surface area contributed by atoms with Crippen LogP contribution in [-0.2, 0) is 4.79 Å². The molecule has 2 N–H and O–H groups in total. The maximum Gasteiger partial charge on any atom is 0.321 e. The summed E-state index contributed by atoms with van der Waals surface area (Å²) in [6.45, 7) is 1.87. The normalized spacial score (nSPS) is 14.8. The summed E-state index contributed by atoms with van der Waals surface area (Å²) >= 11 is 0. The molecule has 2 unspecified atom stereocenters. The number of carboxylic acid groups (broad SMARTS) is 1. The van der Waals surface area contributed by atoms with E-state index < -0.39 is 12.0 Å². The number of likely N-dealkylation sites (N-methyl/N-ethyl adjacent to an activating group) is 1. The van der Waals surface area contributed by atoms with Gasteiger partial charge in [-0.2, -0.15) is 0 Å². The smallest absolute Gasteiger partial charge is 0.321 e. The van der Waals surface area contributed by atoms with E-state index in [1.807, 2.05) is 6.92 Å². The molecule has 0 aromatic heterocycles. The number of aromatic hydroxyl groups is 1. The quantitative estimate of drug-likeness (QED) is 0.812. The van der Waals surface area contributed by atoms with E-state index in [0.29, 0.717) is 0 Å². The van der Waals surface area contributed by atoms with E-state index in [4.69, 9.17) is 10.2 Å². The molecule has 1 aromatic carbocycles. The Morgan fingerprint density at radius 3 is 2.12 bits per heavy atom. The number of hydrogen-bond acceptors (Lipinski definition) is 3. The Morgan fingerprint density at radius 2 is 1.75 bits per heavy atom. The first-order valence-corrected chi connectivity index (χ1v) is 5.11. The Labute approximate surface area is 95.1 Å². The van der Waals surface area contributed by atoms with Crippen LogP contribution in [0, 0.1) is 0 Å². The van der Waals surface area contributed by atoms with Crippen molar-refractivity contribution < 1.29 is 15.0 Å². The van der Waals surface area contributed by atoms with Crippen LogP contribution in [0.1, 0.15) is 18.4 Å². The molecule has 0 aliphatic rings. The molecule has 88 valence electrons. The van der Waals surface area contributed by atoms with E-state index in [2.05, 4.69) is 0 Å². The van der Waals surface area contributed by atoms with Crippen molar-refractivity contribution in [3.8, 4) is 5.75 Å². The van der Waals surface area contributed by atoms with Crippen LogP contribution in [0.5, 0.6) is 5.75 Å². The highest BCUT2D eigenvalue weighted by atomic mass is 16.4. The third-order valence-corrected chi connectivity index (χ3v) is 2.70. The van der Waals surface area contributed by atoms with Crippen molar-refractivity contribution >= 4 is 5.97 Å². The average molecular weight is 223 g/mol. The van der Waals surface area contributed by atoms with E-state index in [0.717, 1.165) is 5.56 Å². The van der Waals surface area contributed by atoms with E-state index in [-0.39, 0.29) is 11.7 Å². The second-order valence-electron chi connectivity index (χ2n) is 4.13. The second kappa shape index (κ2) is 4.99. The zero-order chi connectivity index (χ0) is 12.3. The van der Waals surface area contributed by atoms with Gasteiger partial charge in [0.15, 0.2) is 0 Å². The Balaban J connectivity index is 2.94. The van der Waals surface area contributed by atoms with Crippen LogP contribution in [0.3, 0.4) is 0 Å². The lowest BCUT2D eigenvalue weighted by Gasteiger charge is -2.26. The van der Waals surface area contributed by atoms with Gasteiger partial charge < -0.3 is 10.2 Å². The highest BCUT2D eigenvalue weighted by Gasteiger charge is 2.27. The second-order valence-corrected chi connectivity index (χ2v) is 4.13. The zero-order valence-electron chi connectivity index (χ0n) is 9.71. The van der Waals surface area contributed by atoms with Crippen LogP contribution in [0.15, 0.2) is 24.3 Å². The van der Waals surface area contributed by atoms with Gasteiger partial charge in [0, 0.05) is 5.92 Å². The first kappa shape index (κ1) is 12.5. The molecule has 0 aliphatic carbocycles. The summed E-state index contributed by atoms with van der Waals surface area (Å²) in [6, 6.07) is 6.07. The predicted molar refractivity (Wildman–Crippen MR) is 61.6 cm³/mol. The van der Waals surface area contributed by atoms with E-state index in [1.54, 1.807) is 43.3 Å². The Kier molecular flexibility index (Phi) is 3.90. The number of benzene rings is 1. The van der Waals surface area contributed by atoms with E-state index in [1.165, 1.54) is 0 Å². The number of nitrogens with zero attached hydrogens (tertiary/aromatic N) is 1. The number of carbonyl (C=O) groups is 1. The molecule has 0 aliphatic heterocycles. The minimum atomic E-state index is -0.842. The third-order valence-electron chi connectivity index (χ3n) is 2.70. The fourth-order valence-corrected chi connectivity index (χ4v) is 1.84. The fourth-order valence-electron chi connectivity index (χ4n) is 1.84. The molecule has 0 fully saturated rings. The Hall–Kier alpha value is -1.55. The van der Waals surface area contributed by atoms with Crippen molar-refractivity contribution in [2.45, 2.75) is 18.9 Å². The molecule has 0 heterocycles. The number of hydrogen-bond donors (Lipinski definition) is 2. The molecule has 1 rings (SSSR count). The molecule has 0 bridgehead atoms. The number of carboxylic acids is 1. The lowest BCUT2D eigenvalue weighted by atomic mass is 9.92. The number of phenolic OH excluding ortho intramolecular Hbond substituents is 1. The summed E-state index contributed by atoms with van der Waals surface area (Å²) in [5.74, 6) is -0.786. The van der Waals surface area contributed by atoms with Gasteiger partial charge in [0.1, 0.15) is 11.8 Å². The van der Waals surface area contributed by atoms with Crippen molar-refractivity contribution in [3.05, 3.63) is 29.8 Å². The zero-order valence-corrected chi connectivity index (χ0v) is 9.71. The topological polar surface area (TPSA) is 60.8 Å². The predicted octanol–water partition coefficient (Wildman–Crippen LogP) is 1.51. The highest BCUT2D eigenvalue weighted by Crippen LogP contribution is 2.23. The first-order valence-electron chi connectivity index (χ1n) is 5.11. The van der Waals surface area contributed by atoms with Crippen LogP contribution >= 0.6 is 0 Å². The Morgan fingerprint density at radius 1 is 1.25 bits per heavy atom. The molecule has 0 saturated heterocycles. The van der Waals surface area contributed by atoms with Crippen LogP contribution in [0.2, 0.25) is 0 Å². The minimum Gasteiger partial charge on any atom is -0.508 e. The average Bonchev–Trinajstić information content (AvgIpc) is 2.17. The number of rotatable bonds is 4. The van der Waals surface area contributed by atoms with Gasteiger partial charge in [-0.15, -0.1) is 0 Å². The summed E-state index contributed by atoms with van der Waals surface area (Å²) in [4.78, 5) is 12.8. The van der Waals surface area contributed by atoms with Gasteiger partial charge in [-0.05, 0) is 31.8 Å².